The molecule has 5 nitrogen and oxygen atoms in total. The molecule has 1 aliphatic heterocycles. The summed E-state index contributed by atoms with van der Waals surface area (Å²) in [5.41, 5.74) is 1.53. The number of ether oxygens (including phenoxy) is 1. The van der Waals surface area contributed by atoms with Crippen LogP contribution >= 0.6 is 0 Å². The maximum absolute atomic E-state index is 12.4. The van der Waals surface area contributed by atoms with Gasteiger partial charge >= 0.3 is 5.97 Å². The number of rotatable bonds is 3. The third-order valence-electron chi connectivity index (χ3n) is 3.45. The molecule has 0 unspecified atom stereocenters. The lowest BCUT2D eigenvalue weighted by Crippen LogP contribution is -2.24. The van der Waals surface area contributed by atoms with Crippen molar-refractivity contribution in [2.24, 2.45) is 0 Å². The Morgan fingerprint density at radius 1 is 1.38 bits per heavy atom. The molecule has 1 N–H and O–H groups in total. The molecule has 1 aromatic rings. The second kappa shape index (κ2) is 5.83. The molecule has 0 spiro atoms. The fourth-order valence-corrected chi connectivity index (χ4v) is 2.37. The van der Waals surface area contributed by atoms with Crippen LogP contribution in [0.5, 0.6) is 5.75 Å². The first-order valence-electron chi connectivity index (χ1n) is 6.62. The maximum atomic E-state index is 12.4. The summed E-state index contributed by atoms with van der Waals surface area (Å²) < 4.78 is 4.76. The van der Waals surface area contributed by atoms with E-state index in [9.17, 15) is 14.7 Å². The van der Waals surface area contributed by atoms with Gasteiger partial charge in [-0.15, -0.1) is 0 Å². The molecule has 21 heavy (non-hydrogen) atoms. The molecular weight excluding hydrogens is 270 g/mol. The van der Waals surface area contributed by atoms with E-state index in [4.69, 9.17) is 4.74 Å². The van der Waals surface area contributed by atoms with Gasteiger partial charge in [0.2, 0.25) is 0 Å². The maximum Gasteiger partial charge on any atom is 0.340 e. The van der Waals surface area contributed by atoms with Gasteiger partial charge in [-0.3, -0.25) is 4.79 Å². The smallest absolute Gasteiger partial charge is 0.340 e. The monoisotopic (exact) mass is 287 g/mol. The Morgan fingerprint density at radius 3 is 2.62 bits per heavy atom. The number of hydrogen-bond acceptors (Lipinski definition) is 4. The third kappa shape index (κ3) is 2.54. The van der Waals surface area contributed by atoms with Crippen LogP contribution in [0.3, 0.4) is 0 Å². The molecule has 5 heteroatoms. The Kier molecular flexibility index (Phi) is 4.12. The zero-order chi connectivity index (χ0) is 15.6. The van der Waals surface area contributed by atoms with E-state index in [0.29, 0.717) is 17.8 Å². The Balaban J connectivity index is 2.58. The van der Waals surface area contributed by atoms with Gasteiger partial charge in [0.25, 0.3) is 5.91 Å². The van der Waals surface area contributed by atoms with E-state index in [-0.39, 0.29) is 22.8 Å². The van der Waals surface area contributed by atoms with Gasteiger partial charge in [-0.1, -0.05) is 18.2 Å². The van der Waals surface area contributed by atoms with E-state index in [1.807, 2.05) is 6.92 Å². The molecule has 0 bridgehead atoms. The van der Waals surface area contributed by atoms with Crippen LogP contribution in [0.2, 0.25) is 0 Å². The van der Waals surface area contributed by atoms with Crippen molar-refractivity contribution in [3.8, 4) is 5.75 Å². The normalized spacial score (nSPS) is 16.8. The first kappa shape index (κ1) is 14.8. The van der Waals surface area contributed by atoms with Crippen molar-refractivity contribution in [2.45, 2.75) is 13.8 Å². The molecule has 110 valence electrons. The van der Waals surface area contributed by atoms with Gasteiger partial charge in [0.15, 0.2) is 0 Å². The predicted octanol–water partition coefficient (Wildman–Crippen LogP) is 2.08. The molecule has 0 atom stereocenters. The average Bonchev–Trinajstić information content (AvgIpc) is 2.71. The zero-order valence-corrected chi connectivity index (χ0v) is 12.2. The summed E-state index contributed by atoms with van der Waals surface area (Å²) in [6, 6.07) is 6.64. The highest BCUT2D eigenvalue weighted by atomic mass is 16.5. The number of nitrogens with zero attached hydrogens (tertiary/aromatic N) is 1. The van der Waals surface area contributed by atoms with Gasteiger partial charge in [-0.2, -0.15) is 0 Å². The van der Waals surface area contributed by atoms with Gasteiger partial charge in [0.1, 0.15) is 5.75 Å². The Bertz CT molecular complexity index is 658. The molecule has 2 rings (SSSR count). The van der Waals surface area contributed by atoms with Gasteiger partial charge in [0.05, 0.1) is 18.3 Å². The number of phenols is 1. The minimum atomic E-state index is -0.557. The molecule has 0 radical (unpaired) electrons. The molecule has 0 aromatic heterocycles. The van der Waals surface area contributed by atoms with Crippen molar-refractivity contribution in [1.29, 1.82) is 0 Å². The first-order valence-corrected chi connectivity index (χ1v) is 6.62. The van der Waals surface area contributed by atoms with Crippen molar-refractivity contribution < 1.29 is 19.4 Å². The number of methoxy groups -OCH3 is 1. The number of carbonyl (C=O) groups excluding carboxylic acids is 2. The number of para-hydroxylation sites is 1. The second-order valence-corrected chi connectivity index (χ2v) is 4.62. The summed E-state index contributed by atoms with van der Waals surface area (Å²) in [4.78, 5) is 25.9. The van der Waals surface area contributed by atoms with E-state index < -0.39 is 5.97 Å². The number of hydrogen-bond donors (Lipinski definition) is 1. The van der Waals surface area contributed by atoms with Crippen molar-refractivity contribution >= 4 is 18.0 Å². The molecule has 1 aromatic carbocycles. The standard InChI is InChI=1S/C16H17NO4/c1-4-17-10(2)14(16(20)21-3)12(15(17)19)9-11-7-5-6-8-13(11)18/h5-9,18H,4H2,1-3H3/b12-9-. The number of allylic oxidation sites excluding steroid dienone is 1. The zero-order valence-electron chi connectivity index (χ0n) is 12.2. The minimum Gasteiger partial charge on any atom is -0.507 e. The molecular formula is C16H17NO4. The minimum absolute atomic E-state index is 0.0506. The first-order chi connectivity index (χ1) is 10.0. The van der Waals surface area contributed by atoms with E-state index in [1.54, 1.807) is 25.1 Å². The van der Waals surface area contributed by atoms with Crippen LogP contribution in [0.1, 0.15) is 19.4 Å². The number of esters is 1. The number of benzene rings is 1. The van der Waals surface area contributed by atoms with E-state index >= 15 is 0 Å². The van der Waals surface area contributed by atoms with Crippen LogP contribution in [-0.2, 0) is 14.3 Å². The highest BCUT2D eigenvalue weighted by Crippen LogP contribution is 2.32. The summed E-state index contributed by atoms with van der Waals surface area (Å²) in [5.74, 6) is -0.772. The second-order valence-electron chi connectivity index (χ2n) is 4.62. The Labute approximate surface area is 123 Å². The lowest BCUT2D eigenvalue weighted by molar-refractivity contribution is -0.136. The lowest BCUT2D eigenvalue weighted by Gasteiger charge is -2.14. The molecule has 0 saturated carbocycles. The SMILES string of the molecule is CCN1C(=O)/C(=C\c2ccccc2O)C(C(=O)OC)=C1C. The molecule has 0 aliphatic carbocycles. The van der Waals surface area contributed by atoms with E-state index in [2.05, 4.69) is 0 Å². The number of phenolic OH excluding ortho intramolecular Hbond substituents is 1. The average molecular weight is 287 g/mol. The lowest BCUT2D eigenvalue weighted by atomic mass is 10.0. The predicted molar refractivity (Wildman–Crippen MR) is 78.2 cm³/mol. The summed E-state index contributed by atoms with van der Waals surface area (Å²) >= 11 is 0. The number of carbonyl (C=O) groups is 2. The highest BCUT2D eigenvalue weighted by molar-refractivity contribution is 6.16. The van der Waals surface area contributed by atoms with Crippen molar-refractivity contribution in [1.82, 2.24) is 4.90 Å². The largest absolute Gasteiger partial charge is 0.507 e. The molecule has 0 saturated heterocycles. The summed E-state index contributed by atoms with van der Waals surface area (Å²) in [6.45, 7) is 4.00. The topological polar surface area (TPSA) is 66.8 Å². The van der Waals surface area contributed by atoms with Crippen molar-refractivity contribution in [3.63, 3.8) is 0 Å². The number of aromatic hydroxyl groups is 1. The van der Waals surface area contributed by atoms with Crippen LogP contribution in [0.15, 0.2) is 41.1 Å². The third-order valence-corrected chi connectivity index (χ3v) is 3.45. The highest BCUT2D eigenvalue weighted by Gasteiger charge is 2.36. The van der Waals surface area contributed by atoms with Crippen molar-refractivity contribution in [2.75, 3.05) is 13.7 Å². The van der Waals surface area contributed by atoms with Crippen LogP contribution in [0.25, 0.3) is 6.08 Å². The molecule has 1 aliphatic rings. The van der Waals surface area contributed by atoms with Crippen molar-refractivity contribution in [3.05, 3.63) is 46.7 Å². The van der Waals surface area contributed by atoms with Gasteiger partial charge < -0.3 is 14.7 Å². The quantitative estimate of drug-likeness (QED) is 0.683. The number of amides is 1. The summed E-state index contributed by atoms with van der Waals surface area (Å²) in [6.07, 6.45) is 1.52. The Hall–Kier alpha value is -2.56. The summed E-state index contributed by atoms with van der Waals surface area (Å²) in [5, 5.41) is 9.83. The van der Waals surface area contributed by atoms with Gasteiger partial charge in [0, 0.05) is 17.8 Å². The fraction of sp³-hybridized carbons (Fsp3) is 0.250. The van der Waals surface area contributed by atoms with Gasteiger partial charge in [-0.05, 0) is 26.0 Å². The van der Waals surface area contributed by atoms with Crippen LogP contribution < -0.4 is 0 Å². The number of likely N-dealkylation sites (N-methyl/N-ethyl adjacent to an activating group) is 1. The van der Waals surface area contributed by atoms with Crippen LogP contribution in [-0.4, -0.2) is 35.5 Å². The van der Waals surface area contributed by atoms with Gasteiger partial charge in [-0.25, -0.2) is 4.79 Å². The molecule has 1 heterocycles. The molecule has 0 fully saturated rings. The fourth-order valence-electron chi connectivity index (χ4n) is 2.37. The van der Waals surface area contributed by atoms with Crippen LogP contribution in [0, 0.1) is 0 Å². The summed E-state index contributed by atoms with van der Waals surface area (Å²) in [7, 11) is 1.28. The van der Waals surface area contributed by atoms with E-state index in [0.717, 1.165) is 0 Å². The molecule has 1 amide bonds. The van der Waals surface area contributed by atoms with Crippen LogP contribution in [0.4, 0.5) is 0 Å². The van der Waals surface area contributed by atoms with E-state index in [1.165, 1.54) is 24.2 Å². The Morgan fingerprint density at radius 2 is 2.05 bits per heavy atom.